The van der Waals surface area contributed by atoms with Gasteiger partial charge in [0, 0.05) is 19.2 Å². The van der Waals surface area contributed by atoms with Crippen LogP contribution in [0.2, 0.25) is 0 Å². The number of hydrogen-bond acceptors (Lipinski definition) is 4. The lowest BCUT2D eigenvalue weighted by molar-refractivity contribution is -0.125. The number of aliphatic hydroxyl groups excluding tert-OH is 1. The minimum atomic E-state index is -0.999. The number of aliphatic hydroxyl groups is 1. The summed E-state index contributed by atoms with van der Waals surface area (Å²) in [4.78, 5) is 17.4. The molecule has 0 aromatic carbocycles. The van der Waals surface area contributed by atoms with Crippen LogP contribution in [0.4, 0.5) is 5.82 Å². The third-order valence-corrected chi connectivity index (χ3v) is 3.64. The maximum atomic E-state index is 11.3. The van der Waals surface area contributed by atoms with Crippen LogP contribution >= 0.6 is 0 Å². The number of carbonyl (C=O) groups is 1. The maximum Gasteiger partial charge on any atom is 0.225 e. The number of nitrogens with zero attached hydrogens (tertiary/aromatic N) is 3. The lowest BCUT2D eigenvalue weighted by atomic mass is 10.1. The van der Waals surface area contributed by atoms with Gasteiger partial charge in [-0.1, -0.05) is 13.8 Å². The Hall–Kier alpha value is -2.08. The zero-order valence-corrected chi connectivity index (χ0v) is 11.6. The Labute approximate surface area is 117 Å². The molecule has 0 spiro atoms. The number of aromatic nitrogens is 2. The van der Waals surface area contributed by atoms with Crippen molar-refractivity contribution in [3.05, 3.63) is 30.1 Å². The van der Waals surface area contributed by atoms with Crippen molar-refractivity contribution < 1.29 is 9.90 Å². The minimum absolute atomic E-state index is 0.135. The molecule has 2 N–H and O–H groups in total. The highest BCUT2D eigenvalue weighted by atomic mass is 16.3. The van der Waals surface area contributed by atoms with Crippen molar-refractivity contribution >= 4 is 17.4 Å². The number of imidazole rings is 1. The average Bonchev–Trinajstić information content (AvgIpc) is 2.81. The predicted octanol–water partition coefficient (Wildman–Crippen LogP) is 1.06. The second kappa shape index (κ2) is 4.79. The minimum Gasteiger partial charge on any atom is -0.356 e. The zero-order valence-electron chi connectivity index (χ0n) is 11.6. The van der Waals surface area contributed by atoms with Gasteiger partial charge in [0.15, 0.2) is 0 Å². The van der Waals surface area contributed by atoms with Gasteiger partial charge in [-0.05, 0) is 23.6 Å². The zero-order chi connectivity index (χ0) is 14.3. The van der Waals surface area contributed by atoms with Gasteiger partial charge in [-0.2, -0.15) is 0 Å². The van der Waals surface area contributed by atoms with E-state index in [1.165, 1.54) is 5.56 Å². The molecule has 3 heterocycles. The smallest absolute Gasteiger partial charge is 0.225 e. The standard InChI is InChI=1S/C14H18N4O2/c1-9(2)10-3-5-17-11(7-10)15-8-13(17)18-6-4-12(19)16-14(18)20/h3,5,7-9,14,20H,4,6H2,1-2H3,(H,16,19). The van der Waals surface area contributed by atoms with Gasteiger partial charge < -0.3 is 15.3 Å². The molecule has 1 atom stereocenters. The first kappa shape index (κ1) is 12.9. The summed E-state index contributed by atoms with van der Waals surface area (Å²) < 4.78 is 1.92. The van der Waals surface area contributed by atoms with Crippen LogP contribution in [0.5, 0.6) is 0 Å². The first-order valence-electron chi connectivity index (χ1n) is 6.77. The fourth-order valence-electron chi connectivity index (χ4n) is 2.43. The molecule has 1 aliphatic rings. The van der Waals surface area contributed by atoms with Gasteiger partial charge in [-0.3, -0.25) is 9.20 Å². The van der Waals surface area contributed by atoms with Crippen LogP contribution in [0.25, 0.3) is 5.65 Å². The molecule has 1 saturated heterocycles. The summed E-state index contributed by atoms with van der Waals surface area (Å²) in [6, 6.07) is 4.10. The van der Waals surface area contributed by atoms with Gasteiger partial charge in [0.1, 0.15) is 11.5 Å². The molecule has 1 fully saturated rings. The van der Waals surface area contributed by atoms with Crippen LogP contribution in [-0.4, -0.2) is 33.3 Å². The number of rotatable bonds is 2. The van der Waals surface area contributed by atoms with Gasteiger partial charge >= 0.3 is 0 Å². The summed E-state index contributed by atoms with van der Waals surface area (Å²) in [5.41, 5.74) is 2.07. The van der Waals surface area contributed by atoms with Gasteiger partial charge in [0.2, 0.25) is 12.3 Å². The second-order valence-electron chi connectivity index (χ2n) is 5.34. The van der Waals surface area contributed by atoms with Crippen LogP contribution in [0.3, 0.4) is 0 Å². The van der Waals surface area contributed by atoms with Crippen molar-refractivity contribution in [2.24, 2.45) is 0 Å². The van der Waals surface area contributed by atoms with Gasteiger partial charge in [0.25, 0.3) is 0 Å². The van der Waals surface area contributed by atoms with Crippen molar-refractivity contribution in [2.45, 2.75) is 32.5 Å². The molecule has 6 heteroatoms. The summed E-state index contributed by atoms with van der Waals surface area (Å²) in [6.07, 6.45) is 3.05. The number of nitrogens with one attached hydrogen (secondary N) is 1. The molecule has 20 heavy (non-hydrogen) atoms. The SMILES string of the molecule is CC(C)c1ccn2c(N3CCC(=O)NC3O)cnc2c1. The van der Waals surface area contributed by atoms with E-state index in [1.54, 1.807) is 11.1 Å². The van der Waals surface area contributed by atoms with Gasteiger partial charge in [-0.15, -0.1) is 0 Å². The third kappa shape index (κ3) is 2.12. The van der Waals surface area contributed by atoms with E-state index in [1.807, 2.05) is 16.7 Å². The van der Waals surface area contributed by atoms with Gasteiger partial charge in [-0.25, -0.2) is 4.98 Å². The van der Waals surface area contributed by atoms with E-state index < -0.39 is 6.35 Å². The molecule has 3 rings (SSSR count). The maximum absolute atomic E-state index is 11.3. The number of carbonyl (C=O) groups excluding carboxylic acids is 1. The Bertz CT molecular complexity index is 650. The Morgan fingerprint density at radius 2 is 2.30 bits per heavy atom. The van der Waals surface area contributed by atoms with Crippen molar-refractivity contribution in [3.8, 4) is 0 Å². The topological polar surface area (TPSA) is 69.9 Å². The third-order valence-electron chi connectivity index (χ3n) is 3.64. The van der Waals surface area contributed by atoms with Crippen LogP contribution in [0.15, 0.2) is 24.5 Å². The summed E-state index contributed by atoms with van der Waals surface area (Å²) in [5.74, 6) is 1.09. The molecule has 106 valence electrons. The van der Waals surface area contributed by atoms with E-state index in [4.69, 9.17) is 0 Å². The highest BCUT2D eigenvalue weighted by Gasteiger charge is 2.26. The predicted molar refractivity (Wildman–Crippen MR) is 75.4 cm³/mol. The van der Waals surface area contributed by atoms with Crippen molar-refractivity contribution in [1.29, 1.82) is 0 Å². The molecular weight excluding hydrogens is 256 g/mol. The Kier molecular flexibility index (Phi) is 3.10. The highest BCUT2D eigenvalue weighted by molar-refractivity contribution is 5.78. The normalized spacial score (nSPS) is 19.7. The molecule has 0 saturated carbocycles. The molecule has 1 amide bonds. The van der Waals surface area contributed by atoms with E-state index in [-0.39, 0.29) is 5.91 Å². The largest absolute Gasteiger partial charge is 0.356 e. The molecule has 1 aliphatic heterocycles. The monoisotopic (exact) mass is 274 g/mol. The lowest BCUT2D eigenvalue weighted by Gasteiger charge is -2.33. The number of pyridine rings is 1. The van der Waals surface area contributed by atoms with E-state index >= 15 is 0 Å². The summed E-state index contributed by atoms with van der Waals surface area (Å²) in [5, 5.41) is 12.5. The quantitative estimate of drug-likeness (QED) is 0.859. The molecule has 2 aromatic heterocycles. The molecule has 2 aromatic rings. The van der Waals surface area contributed by atoms with E-state index in [9.17, 15) is 9.90 Å². The fraction of sp³-hybridized carbons (Fsp3) is 0.429. The Morgan fingerprint density at radius 1 is 1.50 bits per heavy atom. The number of amides is 1. The number of hydrogen-bond donors (Lipinski definition) is 2. The number of anilines is 1. The second-order valence-corrected chi connectivity index (χ2v) is 5.34. The summed E-state index contributed by atoms with van der Waals surface area (Å²) >= 11 is 0. The Balaban J connectivity index is 1.98. The van der Waals surface area contributed by atoms with Crippen molar-refractivity contribution in [2.75, 3.05) is 11.4 Å². The number of fused-ring (bicyclic) bond motifs is 1. The van der Waals surface area contributed by atoms with Gasteiger partial charge in [0.05, 0.1) is 6.20 Å². The lowest BCUT2D eigenvalue weighted by Crippen LogP contribution is -2.54. The summed E-state index contributed by atoms with van der Waals surface area (Å²) in [7, 11) is 0. The highest BCUT2D eigenvalue weighted by Crippen LogP contribution is 2.23. The van der Waals surface area contributed by atoms with Crippen LogP contribution in [-0.2, 0) is 4.79 Å². The fourth-order valence-corrected chi connectivity index (χ4v) is 2.43. The molecular formula is C14H18N4O2. The first-order chi connectivity index (χ1) is 9.56. The Morgan fingerprint density at radius 3 is 3.00 bits per heavy atom. The van der Waals surface area contributed by atoms with Crippen LogP contribution < -0.4 is 10.2 Å². The molecule has 1 unspecified atom stereocenters. The van der Waals surface area contributed by atoms with Crippen molar-refractivity contribution in [3.63, 3.8) is 0 Å². The average molecular weight is 274 g/mol. The molecule has 6 nitrogen and oxygen atoms in total. The molecule has 0 radical (unpaired) electrons. The summed E-state index contributed by atoms with van der Waals surface area (Å²) in [6.45, 7) is 4.76. The van der Waals surface area contributed by atoms with Crippen molar-refractivity contribution in [1.82, 2.24) is 14.7 Å². The van der Waals surface area contributed by atoms with Crippen LogP contribution in [0.1, 0.15) is 31.7 Å². The van der Waals surface area contributed by atoms with E-state index in [2.05, 4.69) is 30.2 Å². The van der Waals surface area contributed by atoms with E-state index in [0.717, 1.165) is 11.5 Å². The van der Waals surface area contributed by atoms with E-state index in [0.29, 0.717) is 18.9 Å². The first-order valence-corrected chi connectivity index (χ1v) is 6.77. The van der Waals surface area contributed by atoms with Crippen LogP contribution in [0, 0.1) is 0 Å². The molecule has 0 aliphatic carbocycles. The molecule has 0 bridgehead atoms.